The fourth-order valence-electron chi connectivity index (χ4n) is 5.80. The van der Waals surface area contributed by atoms with Crippen molar-refractivity contribution in [3.8, 4) is 0 Å². The number of carbonyl (C=O) groups excluding carboxylic acids is 1. The second-order valence-corrected chi connectivity index (χ2v) is 10.4. The van der Waals surface area contributed by atoms with E-state index in [0.717, 1.165) is 24.8 Å². The summed E-state index contributed by atoms with van der Waals surface area (Å²) >= 11 is 0. The number of nitrogens with one attached hydrogen (secondary N) is 3. The molecule has 1 aromatic carbocycles. The molecule has 0 radical (unpaired) electrons. The maximum Gasteiger partial charge on any atom is 0.419 e. The van der Waals surface area contributed by atoms with Gasteiger partial charge in [0.25, 0.3) is 5.91 Å². The van der Waals surface area contributed by atoms with E-state index < -0.39 is 17.1 Å². The van der Waals surface area contributed by atoms with Crippen molar-refractivity contribution in [3.05, 3.63) is 46.3 Å². The third-order valence-corrected chi connectivity index (χ3v) is 8.36. The number of aromatic nitrogens is 5. The van der Waals surface area contributed by atoms with Gasteiger partial charge in [-0.3, -0.25) is 19.3 Å². The minimum Gasteiger partial charge on any atom is -0.481 e. The van der Waals surface area contributed by atoms with Gasteiger partial charge in [0.15, 0.2) is 17.1 Å². The number of hydrogen-bond acceptors (Lipinski definition) is 8. The first kappa shape index (κ1) is 23.2. The lowest BCUT2D eigenvalue weighted by Gasteiger charge is -2.51. The highest BCUT2D eigenvalue weighted by molar-refractivity contribution is 6.04. The summed E-state index contributed by atoms with van der Waals surface area (Å²) in [6.45, 7) is 0.909. The fourth-order valence-corrected chi connectivity index (χ4v) is 5.80. The number of H-pyrrole nitrogens is 1. The van der Waals surface area contributed by atoms with Gasteiger partial charge in [0, 0.05) is 20.1 Å². The van der Waals surface area contributed by atoms with Gasteiger partial charge in [-0.1, -0.05) is 6.07 Å². The standard InChI is InChI=1S/C25H27N7O5/c1-32-15-10-14(2-3-16(15)37-23(32)36)11-26-21(33)19-17-18(28-13-29-19)20(31-30-17)27-12-24-4-7-25(8-5-24,9-6-24)22(34)35/h2-3,10,13H,4-9,11-12H2,1H3,(H,26,33)(H,34,35)(H2,27,30,31). The van der Waals surface area contributed by atoms with E-state index in [1.165, 1.54) is 10.9 Å². The van der Waals surface area contributed by atoms with Crippen LogP contribution in [-0.4, -0.2) is 48.3 Å². The van der Waals surface area contributed by atoms with Gasteiger partial charge >= 0.3 is 11.7 Å². The van der Waals surface area contributed by atoms with Crippen molar-refractivity contribution in [2.45, 2.75) is 45.1 Å². The number of hydrogen-bond donors (Lipinski definition) is 4. The molecule has 0 saturated heterocycles. The lowest BCUT2D eigenvalue weighted by atomic mass is 9.53. The predicted molar refractivity (Wildman–Crippen MR) is 133 cm³/mol. The van der Waals surface area contributed by atoms with E-state index >= 15 is 0 Å². The summed E-state index contributed by atoms with van der Waals surface area (Å²) in [5.74, 6) is -0.940. The normalized spacial score (nSPS) is 22.9. The first-order chi connectivity index (χ1) is 17.8. The van der Waals surface area contributed by atoms with E-state index in [4.69, 9.17) is 4.42 Å². The molecule has 0 atom stereocenters. The molecule has 4 aromatic rings. The number of carboxylic acid groups (broad SMARTS) is 1. The molecule has 3 aromatic heterocycles. The average Bonchev–Trinajstić information content (AvgIpc) is 3.47. The molecule has 1 amide bonds. The number of aromatic amines is 1. The predicted octanol–water partition coefficient (Wildman–Crippen LogP) is 2.56. The largest absolute Gasteiger partial charge is 0.481 e. The minimum atomic E-state index is -0.665. The number of nitrogens with zero attached hydrogens (tertiary/aromatic N) is 4. The molecule has 7 rings (SSSR count). The lowest BCUT2D eigenvalue weighted by Crippen LogP contribution is -2.48. The van der Waals surface area contributed by atoms with Gasteiger partial charge in [0.05, 0.1) is 10.9 Å². The third-order valence-electron chi connectivity index (χ3n) is 8.36. The Hall–Kier alpha value is -4.22. The molecule has 0 unspecified atom stereocenters. The maximum atomic E-state index is 13.0. The number of fused-ring (bicyclic) bond motifs is 5. The Kier molecular flexibility index (Phi) is 5.28. The second kappa shape index (κ2) is 8.43. The molecule has 3 saturated carbocycles. The van der Waals surface area contributed by atoms with Gasteiger partial charge in [-0.2, -0.15) is 5.10 Å². The van der Waals surface area contributed by atoms with Crippen molar-refractivity contribution in [2.75, 3.05) is 11.9 Å². The first-order valence-electron chi connectivity index (χ1n) is 12.3. The Bertz CT molecular complexity index is 1580. The Labute approximate surface area is 210 Å². The van der Waals surface area contributed by atoms with Crippen LogP contribution in [0.4, 0.5) is 5.82 Å². The molecule has 3 fully saturated rings. The zero-order valence-electron chi connectivity index (χ0n) is 20.3. The minimum absolute atomic E-state index is 0.0509. The number of benzene rings is 1. The SMILES string of the molecule is Cn1c(=O)oc2ccc(CNC(=O)c3ncnc4c(NCC56CCC(C(=O)O)(CC5)CC6)n[nH]c34)cc21. The van der Waals surface area contributed by atoms with E-state index in [-0.39, 0.29) is 23.6 Å². The number of carboxylic acids is 1. The van der Waals surface area contributed by atoms with E-state index in [1.807, 2.05) is 0 Å². The highest BCUT2D eigenvalue weighted by Crippen LogP contribution is 2.56. The van der Waals surface area contributed by atoms with Crippen LogP contribution in [0.15, 0.2) is 33.7 Å². The topological polar surface area (TPSA) is 168 Å². The van der Waals surface area contributed by atoms with E-state index in [9.17, 15) is 19.5 Å². The summed E-state index contributed by atoms with van der Waals surface area (Å²) in [6.07, 6.45) is 6.08. The molecule has 3 heterocycles. The van der Waals surface area contributed by atoms with Crippen molar-refractivity contribution in [1.82, 2.24) is 30.0 Å². The molecule has 192 valence electrons. The van der Waals surface area contributed by atoms with E-state index in [0.29, 0.717) is 53.8 Å². The van der Waals surface area contributed by atoms with Crippen LogP contribution in [0.2, 0.25) is 0 Å². The number of carbonyl (C=O) groups is 2. The zero-order chi connectivity index (χ0) is 25.8. The summed E-state index contributed by atoms with van der Waals surface area (Å²) < 4.78 is 6.56. The smallest absolute Gasteiger partial charge is 0.419 e. The van der Waals surface area contributed by atoms with Crippen LogP contribution < -0.4 is 16.4 Å². The Morgan fingerprint density at radius 3 is 2.65 bits per heavy atom. The van der Waals surface area contributed by atoms with Gasteiger partial charge in [-0.05, 0) is 61.6 Å². The van der Waals surface area contributed by atoms with Crippen molar-refractivity contribution >= 4 is 39.8 Å². The summed E-state index contributed by atoms with van der Waals surface area (Å²) in [5, 5.41) is 23.1. The van der Waals surface area contributed by atoms with Crippen molar-refractivity contribution < 1.29 is 19.1 Å². The highest BCUT2D eigenvalue weighted by Gasteiger charge is 2.52. The summed E-state index contributed by atoms with van der Waals surface area (Å²) in [6, 6.07) is 5.29. The molecule has 12 nitrogen and oxygen atoms in total. The van der Waals surface area contributed by atoms with Crippen LogP contribution in [0, 0.1) is 10.8 Å². The van der Waals surface area contributed by atoms with Crippen molar-refractivity contribution in [3.63, 3.8) is 0 Å². The van der Waals surface area contributed by atoms with Crippen LogP contribution in [0.25, 0.3) is 22.1 Å². The second-order valence-electron chi connectivity index (χ2n) is 10.4. The molecule has 37 heavy (non-hydrogen) atoms. The van der Waals surface area contributed by atoms with Gasteiger partial charge < -0.3 is 20.2 Å². The molecule has 2 bridgehead atoms. The lowest BCUT2D eigenvalue weighted by molar-refractivity contribution is -0.158. The van der Waals surface area contributed by atoms with Crippen LogP contribution in [0.1, 0.15) is 54.6 Å². The fraction of sp³-hybridized carbons (Fsp3) is 0.440. The molecular formula is C25H27N7O5. The van der Waals surface area contributed by atoms with Crippen molar-refractivity contribution in [2.24, 2.45) is 17.9 Å². The molecule has 12 heteroatoms. The number of aryl methyl sites for hydroxylation is 1. The molecule has 0 spiro atoms. The van der Waals surface area contributed by atoms with E-state index in [2.05, 4.69) is 30.8 Å². The quantitative estimate of drug-likeness (QED) is 0.295. The molecule has 3 aliphatic rings. The number of anilines is 1. The summed E-state index contributed by atoms with van der Waals surface area (Å²) in [7, 11) is 1.63. The van der Waals surface area contributed by atoms with E-state index in [1.54, 1.807) is 25.2 Å². The van der Waals surface area contributed by atoms with Gasteiger partial charge in [0.2, 0.25) is 0 Å². The summed E-state index contributed by atoms with van der Waals surface area (Å²) in [5.41, 5.74) is 2.59. The van der Waals surface area contributed by atoms with Crippen LogP contribution >= 0.6 is 0 Å². The highest BCUT2D eigenvalue weighted by atomic mass is 16.4. The summed E-state index contributed by atoms with van der Waals surface area (Å²) in [4.78, 5) is 44.9. The van der Waals surface area contributed by atoms with Gasteiger partial charge in [0.1, 0.15) is 17.4 Å². The molecular weight excluding hydrogens is 478 g/mol. The Morgan fingerprint density at radius 1 is 1.16 bits per heavy atom. The average molecular weight is 506 g/mol. The molecule has 0 aliphatic heterocycles. The van der Waals surface area contributed by atoms with Crippen molar-refractivity contribution in [1.29, 1.82) is 0 Å². The van der Waals surface area contributed by atoms with Crippen LogP contribution in [0.5, 0.6) is 0 Å². The third kappa shape index (κ3) is 3.83. The Morgan fingerprint density at radius 2 is 1.92 bits per heavy atom. The maximum absolute atomic E-state index is 13.0. The van der Waals surface area contributed by atoms with Gasteiger partial charge in [-0.25, -0.2) is 14.8 Å². The Balaban J connectivity index is 1.15. The number of amides is 1. The zero-order valence-corrected chi connectivity index (χ0v) is 20.3. The monoisotopic (exact) mass is 505 g/mol. The van der Waals surface area contributed by atoms with Crippen LogP contribution in [0.3, 0.4) is 0 Å². The molecule has 3 aliphatic carbocycles. The van der Waals surface area contributed by atoms with Gasteiger partial charge in [-0.15, -0.1) is 0 Å². The number of aliphatic carboxylic acids is 1. The number of rotatable bonds is 7. The number of oxazole rings is 1. The molecule has 4 N–H and O–H groups in total. The first-order valence-corrected chi connectivity index (χ1v) is 12.3. The van der Waals surface area contributed by atoms with Crippen LogP contribution in [-0.2, 0) is 18.4 Å².